The molecule has 2 nitrogen and oxygen atoms in total. The number of hydrogen-bond donors (Lipinski definition) is 2. The Hall–Kier alpha value is -0.860. The summed E-state index contributed by atoms with van der Waals surface area (Å²) in [6, 6.07) is 0. The molecule has 0 radical (unpaired) electrons. The van der Waals surface area contributed by atoms with Crippen molar-refractivity contribution in [1.29, 1.82) is 0 Å². The number of aliphatic hydroxyl groups excluding tert-OH is 1. The molecule has 0 aromatic carbocycles. The molecule has 0 aliphatic heterocycles. The van der Waals surface area contributed by atoms with Gasteiger partial charge in [-0.05, 0) is 105 Å². The Labute approximate surface area is 204 Å². The van der Waals surface area contributed by atoms with Crippen LogP contribution in [0.2, 0.25) is 0 Å². The van der Waals surface area contributed by atoms with Gasteiger partial charge in [-0.2, -0.15) is 0 Å². The van der Waals surface area contributed by atoms with Crippen LogP contribution >= 0.6 is 0 Å². The molecule has 0 bridgehead atoms. The third kappa shape index (κ3) is 5.87. The molecule has 8 atom stereocenters. The van der Waals surface area contributed by atoms with Gasteiger partial charge in [-0.3, -0.25) is 0 Å². The maximum absolute atomic E-state index is 10.7. The summed E-state index contributed by atoms with van der Waals surface area (Å²) in [6.45, 7) is 19.8. The smallest absolute Gasteiger partial charge is 0.0781 e. The Morgan fingerprint density at radius 2 is 1.82 bits per heavy atom. The summed E-state index contributed by atoms with van der Waals surface area (Å²) in [5.41, 5.74) is 4.06. The van der Waals surface area contributed by atoms with E-state index in [1.807, 2.05) is 13.8 Å². The van der Waals surface area contributed by atoms with Gasteiger partial charge in [0.1, 0.15) is 0 Å². The van der Waals surface area contributed by atoms with Gasteiger partial charge in [-0.25, -0.2) is 0 Å². The van der Waals surface area contributed by atoms with Crippen LogP contribution in [0.4, 0.5) is 0 Å². The maximum Gasteiger partial charge on any atom is 0.0781 e. The molecule has 0 aromatic heterocycles. The average molecular weight is 457 g/mol. The fourth-order valence-electron chi connectivity index (χ4n) is 7.62. The molecule has 2 N–H and O–H groups in total. The van der Waals surface area contributed by atoms with E-state index in [0.29, 0.717) is 17.3 Å². The Kier molecular flexibility index (Phi) is 8.43. The minimum absolute atomic E-state index is 0.226. The van der Waals surface area contributed by atoms with Crippen LogP contribution in [0.1, 0.15) is 106 Å². The topological polar surface area (TPSA) is 40.5 Å². The predicted octanol–water partition coefficient (Wildman–Crippen LogP) is 7.86. The van der Waals surface area contributed by atoms with Crippen molar-refractivity contribution in [2.75, 3.05) is 0 Å². The molecule has 188 valence electrons. The molecule has 0 amide bonds. The van der Waals surface area contributed by atoms with Gasteiger partial charge in [0, 0.05) is 0 Å². The number of allylic oxidation sites excluding steroid dienone is 4. The molecule has 0 spiro atoms. The summed E-state index contributed by atoms with van der Waals surface area (Å²) in [6.07, 6.45) is 15.4. The molecule has 0 saturated heterocycles. The Balaban J connectivity index is 1.75. The maximum atomic E-state index is 10.7. The van der Waals surface area contributed by atoms with Crippen molar-refractivity contribution < 1.29 is 10.2 Å². The van der Waals surface area contributed by atoms with Gasteiger partial charge in [-0.15, -0.1) is 0 Å². The van der Waals surface area contributed by atoms with Crippen molar-refractivity contribution in [3.63, 3.8) is 0 Å². The number of hydrogen-bond acceptors (Lipinski definition) is 2. The van der Waals surface area contributed by atoms with Gasteiger partial charge >= 0.3 is 0 Å². The van der Waals surface area contributed by atoms with Gasteiger partial charge in [-0.1, -0.05) is 77.3 Å². The van der Waals surface area contributed by atoms with Gasteiger partial charge in [0.05, 0.1) is 11.7 Å². The Morgan fingerprint density at radius 3 is 2.48 bits per heavy atom. The molecular weight excluding hydrogens is 404 g/mol. The molecule has 3 aliphatic carbocycles. The minimum atomic E-state index is -0.539. The van der Waals surface area contributed by atoms with Crippen LogP contribution in [0.3, 0.4) is 0 Å². The lowest BCUT2D eigenvalue weighted by atomic mass is 9.60. The van der Waals surface area contributed by atoms with Crippen molar-refractivity contribution in [2.45, 2.75) is 118 Å². The fourth-order valence-corrected chi connectivity index (χ4v) is 7.62. The Morgan fingerprint density at radius 1 is 1.15 bits per heavy atom. The van der Waals surface area contributed by atoms with Crippen LogP contribution in [0.15, 0.2) is 35.5 Å². The average Bonchev–Trinajstić information content (AvgIpc) is 3.08. The van der Waals surface area contributed by atoms with E-state index in [1.54, 1.807) is 5.57 Å². The van der Waals surface area contributed by atoms with Crippen LogP contribution in [0, 0.1) is 40.9 Å². The van der Waals surface area contributed by atoms with E-state index in [2.05, 4.69) is 53.3 Å². The molecule has 2 unspecified atom stereocenters. The predicted molar refractivity (Wildman–Crippen MR) is 141 cm³/mol. The lowest BCUT2D eigenvalue weighted by Gasteiger charge is -2.44. The second-order valence-electron chi connectivity index (χ2n) is 13.0. The molecule has 33 heavy (non-hydrogen) atoms. The van der Waals surface area contributed by atoms with Gasteiger partial charge in [0.2, 0.25) is 0 Å². The summed E-state index contributed by atoms with van der Waals surface area (Å²) < 4.78 is 0. The number of fused-ring (bicyclic) bond motifs is 1. The number of aliphatic hydroxyl groups is 2. The van der Waals surface area contributed by atoms with E-state index in [9.17, 15) is 10.2 Å². The largest absolute Gasteiger partial charge is 0.390 e. The van der Waals surface area contributed by atoms with Crippen LogP contribution in [0.25, 0.3) is 0 Å². The van der Waals surface area contributed by atoms with Crippen molar-refractivity contribution in [3.05, 3.63) is 35.5 Å². The molecule has 2 heteroatoms. The fraction of sp³-hybridized carbons (Fsp3) is 0.806. The van der Waals surface area contributed by atoms with Crippen molar-refractivity contribution in [2.24, 2.45) is 40.9 Å². The third-order valence-corrected chi connectivity index (χ3v) is 10.1. The summed E-state index contributed by atoms with van der Waals surface area (Å²) >= 11 is 0. The summed E-state index contributed by atoms with van der Waals surface area (Å²) in [5.74, 6) is 3.22. The Bertz CT molecular complexity index is 753. The van der Waals surface area contributed by atoms with Gasteiger partial charge < -0.3 is 10.2 Å². The van der Waals surface area contributed by atoms with E-state index >= 15 is 0 Å². The first-order chi connectivity index (χ1) is 15.3. The quantitative estimate of drug-likeness (QED) is 0.315. The highest BCUT2D eigenvalue weighted by atomic mass is 16.3. The van der Waals surface area contributed by atoms with Crippen molar-refractivity contribution in [1.82, 2.24) is 0 Å². The first-order valence-corrected chi connectivity index (χ1v) is 13.8. The van der Waals surface area contributed by atoms with Crippen LogP contribution < -0.4 is 0 Å². The monoisotopic (exact) mass is 456 g/mol. The lowest BCUT2D eigenvalue weighted by molar-refractivity contribution is 0.0596. The van der Waals surface area contributed by atoms with Crippen molar-refractivity contribution in [3.8, 4) is 0 Å². The van der Waals surface area contributed by atoms with Crippen molar-refractivity contribution >= 4 is 0 Å². The molecule has 3 rings (SSSR count). The SMILES string of the molecule is C=C1[C@H](C)C/C(=C/C=C2\CCC[C@]3(C)[C@@H]([C@@H](C)CCCC(C)(C)O)CC[C@@H]23)C(C)C(C)[C@H]1O. The molecule has 3 saturated carbocycles. The summed E-state index contributed by atoms with van der Waals surface area (Å²) in [7, 11) is 0. The minimum Gasteiger partial charge on any atom is -0.390 e. The third-order valence-electron chi connectivity index (χ3n) is 10.1. The highest BCUT2D eigenvalue weighted by Gasteiger charge is 2.50. The lowest BCUT2D eigenvalue weighted by Crippen LogP contribution is -2.36. The molecule has 0 heterocycles. The first kappa shape index (κ1) is 26.7. The van der Waals surface area contributed by atoms with E-state index in [-0.39, 0.29) is 12.0 Å². The zero-order chi connectivity index (χ0) is 24.6. The molecule has 3 fully saturated rings. The number of rotatable bonds is 6. The molecular formula is C31H52O2. The first-order valence-electron chi connectivity index (χ1n) is 13.8. The standard InChI is InChI=1S/C31H52O2/c1-20(11-9-17-30(6,7)33)27-15-16-28-25(12-10-18-31(27,28)8)13-14-26-19-21(2)22(3)29(32)24(5)23(26)4/h13-14,20-21,23-24,27-29,32-33H,3,9-12,15-19H2,1-2,4-8H3/b25-13+,26-14-/t20-,21+,23?,24?,27+,28-,29-,31+/m0/s1. The zero-order valence-electron chi connectivity index (χ0n) is 22.7. The van der Waals surface area contributed by atoms with Crippen LogP contribution in [-0.2, 0) is 0 Å². The van der Waals surface area contributed by atoms with Crippen LogP contribution in [0.5, 0.6) is 0 Å². The molecule has 0 aromatic rings. The highest BCUT2D eigenvalue weighted by molar-refractivity contribution is 5.28. The summed E-state index contributed by atoms with van der Waals surface area (Å²) in [4.78, 5) is 0. The second-order valence-corrected chi connectivity index (χ2v) is 13.0. The highest BCUT2D eigenvalue weighted by Crippen LogP contribution is 2.60. The van der Waals surface area contributed by atoms with E-state index in [1.165, 1.54) is 44.1 Å². The van der Waals surface area contributed by atoms with Gasteiger partial charge in [0.25, 0.3) is 0 Å². The molecule has 3 aliphatic rings. The summed E-state index contributed by atoms with van der Waals surface area (Å²) in [5, 5.41) is 20.8. The van der Waals surface area contributed by atoms with Gasteiger partial charge in [0.15, 0.2) is 0 Å². The van der Waals surface area contributed by atoms with E-state index in [0.717, 1.165) is 42.6 Å². The van der Waals surface area contributed by atoms with E-state index in [4.69, 9.17) is 0 Å². The zero-order valence-corrected chi connectivity index (χ0v) is 22.7. The normalized spacial score (nSPS) is 41.3. The second kappa shape index (κ2) is 10.4. The van der Waals surface area contributed by atoms with Crippen LogP contribution in [-0.4, -0.2) is 21.9 Å². The van der Waals surface area contributed by atoms with E-state index < -0.39 is 5.60 Å².